The number of rotatable bonds is 10. The van der Waals surface area contributed by atoms with Crippen molar-refractivity contribution >= 4 is 5.97 Å². The van der Waals surface area contributed by atoms with Gasteiger partial charge in [-0.3, -0.25) is 25.6 Å². The molecule has 0 radical (unpaired) electrons. The molecule has 114 valence electrons. The number of nitrogens with zero attached hydrogens (tertiary/aromatic N) is 2. The Morgan fingerprint density at radius 1 is 1.16 bits per heavy atom. The van der Waals surface area contributed by atoms with E-state index in [0.717, 1.165) is 0 Å². The molecular weight excluding hydrogens is 264 g/mol. The first-order valence-corrected chi connectivity index (χ1v) is 5.66. The molecule has 4 N–H and O–H groups in total. The minimum atomic E-state index is -0.886. The summed E-state index contributed by atoms with van der Waals surface area (Å²) in [5.74, 6) is -0.384. The summed E-state index contributed by atoms with van der Waals surface area (Å²) in [6.07, 6.45) is -0.422. The standard InChI is InChI=1S/C9H20N2O8/c1-7(2)18-9(12)5-3-4-8(19-11(15)16)6-17-10(13)14/h7-8,13-16H,3-6H2,1-2H3/t8-/m0/s1. The molecule has 0 amide bonds. The molecule has 0 aliphatic carbocycles. The van der Waals surface area contributed by atoms with Crippen LogP contribution < -0.4 is 0 Å². The molecule has 10 heteroatoms. The van der Waals surface area contributed by atoms with Crippen molar-refractivity contribution < 1.29 is 40.0 Å². The monoisotopic (exact) mass is 284 g/mol. The van der Waals surface area contributed by atoms with Crippen molar-refractivity contribution in [1.82, 2.24) is 10.8 Å². The molecule has 0 unspecified atom stereocenters. The quantitative estimate of drug-likeness (QED) is 0.332. The largest absolute Gasteiger partial charge is 0.463 e. The number of ether oxygens (including phenoxy) is 1. The number of carbonyl (C=O) groups excluding carboxylic acids is 1. The lowest BCUT2D eigenvalue weighted by Gasteiger charge is -2.18. The van der Waals surface area contributed by atoms with E-state index in [4.69, 9.17) is 25.6 Å². The topological polar surface area (TPSA) is 132 Å². The molecular formula is C9H20N2O8. The lowest BCUT2D eigenvalue weighted by Crippen LogP contribution is -2.31. The van der Waals surface area contributed by atoms with Crippen LogP contribution in [-0.2, 0) is 19.2 Å². The van der Waals surface area contributed by atoms with Gasteiger partial charge in [-0.1, -0.05) is 0 Å². The first-order chi connectivity index (χ1) is 8.81. The average Bonchev–Trinajstić information content (AvgIpc) is 2.23. The van der Waals surface area contributed by atoms with Crippen molar-refractivity contribution in [1.29, 1.82) is 0 Å². The molecule has 0 heterocycles. The second kappa shape index (κ2) is 10.00. The Kier molecular flexibility index (Phi) is 9.55. The van der Waals surface area contributed by atoms with Crippen LogP contribution in [0.5, 0.6) is 0 Å². The molecule has 0 fully saturated rings. The minimum Gasteiger partial charge on any atom is -0.463 e. The van der Waals surface area contributed by atoms with E-state index in [-0.39, 0.29) is 31.5 Å². The molecule has 0 aliphatic heterocycles. The molecule has 0 spiro atoms. The van der Waals surface area contributed by atoms with Gasteiger partial charge in [-0.15, -0.1) is 0 Å². The summed E-state index contributed by atoms with van der Waals surface area (Å²) in [5.41, 5.74) is 0. The van der Waals surface area contributed by atoms with E-state index in [2.05, 4.69) is 9.68 Å². The van der Waals surface area contributed by atoms with Crippen molar-refractivity contribution in [2.24, 2.45) is 0 Å². The van der Waals surface area contributed by atoms with Crippen LogP contribution >= 0.6 is 0 Å². The summed E-state index contributed by atoms with van der Waals surface area (Å²) < 4.78 is 4.90. The minimum absolute atomic E-state index is 0.122. The van der Waals surface area contributed by atoms with Crippen LogP contribution in [0, 0.1) is 0 Å². The van der Waals surface area contributed by atoms with Gasteiger partial charge in [0.05, 0.1) is 16.9 Å². The average molecular weight is 284 g/mol. The van der Waals surface area contributed by atoms with Crippen LogP contribution in [0.4, 0.5) is 0 Å². The van der Waals surface area contributed by atoms with Crippen LogP contribution in [-0.4, -0.2) is 56.4 Å². The van der Waals surface area contributed by atoms with Crippen molar-refractivity contribution in [3.63, 3.8) is 0 Å². The van der Waals surface area contributed by atoms with Gasteiger partial charge in [0, 0.05) is 6.42 Å². The highest BCUT2D eigenvalue weighted by Gasteiger charge is 2.16. The predicted octanol–water partition coefficient (Wildman–Crippen LogP) is 0.501. The zero-order chi connectivity index (χ0) is 14.8. The summed E-state index contributed by atoms with van der Waals surface area (Å²) >= 11 is 0. The number of hydrogen-bond donors (Lipinski definition) is 4. The van der Waals surface area contributed by atoms with Crippen LogP contribution in [0.3, 0.4) is 0 Å². The molecule has 0 aromatic carbocycles. The van der Waals surface area contributed by atoms with E-state index in [1.807, 2.05) is 0 Å². The Balaban J connectivity index is 3.94. The van der Waals surface area contributed by atoms with Crippen LogP contribution in [0.1, 0.15) is 33.1 Å². The third kappa shape index (κ3) is 11.9. The molecule has 10 nitrogen and oxygen atoms in total. The van der Waals surface area contributed by atoms with Gasteiger partial charge in [0.2, 0.25) is 0 Å². The van der Waals surface area contributed by atoms with Crippen molar-refractivity contribution in [2.45, 2.75) is 45.3 Å². The van der Waals surface area contributed by atoms with E-state index in [9.17, 15) is 4.79 Å². The summed E-state index contributed by atoms with van der Waals surface area (Å²) in [6.45, 7) is 3.10. The highest BCUT2D eigenvalue weighted by Crippen LogP contribution is 2.08. The second-order valence-electron chi connectivity index (χ2n) is 3.96. The molecule has 0 rings (SSSR count). The van der Waals surface area contributed by atoms with Crippen LogP contribution in [0.2, 0.25) is 0 Å². The van der Waals surface area contributed by atoms with Crippen molar-refractivity contribution in [2.75, 3.05) is 6.61 Å². The van der Waals surface area contributed by atoms with Crippen molar-refractivity contribution in [3.8, 4) is 0 Å². The number of hydrogen-bond acceptors (Lipinski definition) is 10. The first-order valence-electron chi connectivity index (χ1n) is 5.66. The third-order valence-electron chi connectivity index (χ3n) is 1.89. The molecule has 0 aliphatic rings. The lowest BCUT2D eigenvalue weighted by molar-refractivity contribution is -0.527. The van der Waals surface area contributed by atoms with Gasteiger partial charge >= 0.3 is 5.97 Å². The van der Waals surface area contributed by atoms with Crippen LogP contribution in [0.15, 0.2) is 0 Å². The van der Waals surface area contributed by atoms with E-state index < -0.39 is 16.9 Å². The lowest BCUT2D eigenvalue weighted by atomic mass is 10.1. The smallest absolute Gasteiger partial charge is 0.306 e. The highest BCUT2D eigenvalue weighted by atomic mass is 17.1. The maximum atomic E-state index is 11.2. The normalized spacial score (nSPS) is 13.3. The zero-order valence-electron chi connectivity index (χ0n) is 10.8. The molecule has 0 saturated carbocycles. The van der Waals surface area contributed by atoms with Gasteiger partial charge in [-0.25, -0.2) is 9.68 Å². The maximum absolute atomic E-state index is 11.2. The maximum Gasteiger partial charge on any atom is 0.306 e. The predicted molar refractivity (Wildman–Crippen MR) is 56.7 cm³/mol. The summed E-state index contributed by atoms with van der Waals surface area (Å²) in [6, 6.07) is 0. The molecule has 0 aromatic rings. The van der Waals surface area contributed by atoms with Crippen LogP contribution in [0.25, 0.3) is 0 Å². The second-order valence-corrected chi connectivity index (χ2v) is 3.96. The number of carbonyl (C=O) groups is 1. The Hall–Kier alpha value is -0.850. The molecule has 1 atom stereocenters. The molecule has 19 heavy (non-hydrogen) atoms. The highest BCUT2D eigenvalue weighted by molar-refractivity contribution is 5.69. The van der Waals surface area contributed by atoms with Gasteiger partial charge in [0.15, 0.2) is 0 Å². The van der Waals surface area contributed by atoms with E-state index in [0.29, 0.717) is 6.42 Å². The zero-order valence-corrected chi connectivity index (χ0v) is 10.8. The summed E-state index contributed by atoms with van der Waals surface area (Å²) in [4.78, 5) is 20.0. The van der Waals surface area contributed by atoms with E-state index >= 15 is 0 Å². The Morgan fingerprint density at radius 3 is 2.26 bits per heavy atom. The van der Waals surface area contributed by atoms with Crippen molar-refractivity contribution in [3.05, 3.63) is 0 Å². The molecule has 0 saturated heterocycles. The summed E-state index contributed by atoms with van der Waals surface area (Å²) in [7, 11) is 0. The number of esters is 1. The van der Waals surface area contributed by atoms with Gasteiger partial charge in [-0.05, 0) is 26.7 Å². The summed E-state index contributed by atoms with van der Waals surface area (Å²) in [5, 5.41) is 32.6. The van der Waals surface area contributed by atoms with E-state index in [1.54, 1.807) is 13.8 Å². The Labute approximate surface area is 110 Å². The Bertz CT molecular complexity index is 248. The SMILES string of the molecule is CC(C)OC(=O)CCC[C@@H](CON(O)O)ON(O)O. The fourth-order valence-corrected chi connectivity index (χ4v) is 1.25. The fraction of sp³-hybridized carbons (Fsp3) is 0.889. The molecule has 0 bridgehead atoms. The third-order valence-corrected chi connectivity index (χ3v) is 1.89. The fourth-order valence-electron chi connectivity index (χ4n) is 1.25. The Morgan fingerprint density at radius 2 is 1.79 bits per heavy atom. The van der Waals surface area contributed by atoms with E-state index in [1.165, 1.54) is 0 Å². The first kappa shape index (κ1) is 18.1. The van der Waals surface area contributed by atoms with Gasteiger partial charge in [-0.2, -0.15) is 0 Å². The molecule has 0 aromatic heterocycles. The van der Waals surface area contributed by atoms with Gasteiger partial charge in [0.1, 0.15) is 12.7 Å². The van der Waals surface area contributed by atoms with Gasteiger partial charge in [0.25, 0.3) is 0 Å². The van der Waals surface area contributed by atoms with Gasteiger partial charge < -0.3 is 4.74 Å².